The summed E-state index contributed by atoms with van der Waals surface area (Å²) in [5, 5.41) is 4.06. The van der Waals surface area contributed by atoms with Gasteiger partial charge in [0.15, 0.2) is 0 Å². The molecule has 1 aromatic carbocycles. The second kappa shape index (κ2) is 5.89. The van der Waals surface area contributed by atoms with Crippen LogP contribution in [0.1, 0.15) is 24.4 Å². The van der Waals surface area contributed by atoms with Crippen molar-refractivity contribution < 1.29 is 4.74 Å². The Morgan fingerprint density at radius 2 is 2.24 bits per heavy atom. The number of hydrogen-bond acceptors (Lipinski definition) is 2. The molecule has 1 aromatic rings. The number of rotatable bonds is 3. The first-order chi connectivity index (χ1) is 8.20. The lowest BCUT2D eigenvalue weighted by atomic mass is 9.95. The predicted octanol–water partition coefficient (Wildman–Crippen LogP) is 4.06. The summed E-state index contributed by atoms with van der Waals surface area (Å²) in [5.41, 5.74) is 2.43. The molecule has 2 nitrogen and oxygen atoms in total. The number of benzene rings is 1. The molecule has 0 aromatic heterocycles. The number of nitrogens with one attached hydrogen (secondary N) is 1. The van der Waals surface area contributed by atoms with E-state index in [1.54, 1.807) is 0 Å². The molecule has 0 bridgehead atoms. The molecule has 0 amide bonds. The van der Waals surface area contributed by atoms with Crippen molar-refractivity contribution in [3.05, 3.63) is 45.1 Å². The van der Waals surface area contributed by atoms with E-state index in [9.17, 15) is 0 Å². The van der Waals surface area contributed by atoms with Crippen LogP contribution in [0.4, 0.5) is 0 Å². The average Bonchev–Trinajstić information content (AvgIpc) is 2.30. The Hall–Kier alpha value is -0.510. The molecule has 1 aliphatic rings. The third-order valence-corrected chi connectivity index (χ3v) is 3.52. The molecule has 0 saturated heterocycles. The molecule has 1 heterocycles. The minimum absolute atomic E-state index is 0.172. The van der Waals surface area contributed by atoms with Crippen molar-refractivity contribution in [2.45, 2.75) is 18.9 Å². The minimum Gasteiger partial charge on any atom is -0.501 e. The van der Waals surface area contributed by atoms with Gasteiger partial charge in [0, 0.05) is 9.50 Å². The highest BCUT2D eigenvalue weighted by molar-refractivity contribution is 9.10. The van der Waals surface area contributed by atoms with E-state index in [1.165, 1.54) is 5.57 Å². The van der Waals surface area contributed by atoms with Gasteiger partial charge in [-0.1, -0.05) is 27.5 Å². The number of hydrogen-bond donors (Lipinski definition) is 1. The molecule has 4 heteroatoms. The highest BCUT2D eigenvalue weighted by Crippen LogP contribution is 2.31. The Labute approximate surface area is 115 Å². The van der Waals surface area contributed by atoms with E-state index in [4.69, 9.17) is 16.3 Å². The summed E-state index contributed by atoms with van der Waals surface area (Å²) in [6.07, 6.45) is 4.01. The van der Waals surface area contributed by atoms with Crippen molar-refractivity contribution in [3.63, 3.8) is 0 Å². The molecule has 1 unspecified atom stereocenters. The van der Waals surface area contributed by atoms with E-state index in [-0.39, 0.29) is 6.04 Å². The molecule has 1 atom stereocenters. The molecule has 0 radical (unpaired) electrons. The standard InChI is InChI=1S/C13H15BrClNO/c1-16-13(9-3-2-4-17-8-9)10-5-11(14)7-12(15)6-10/h5-8,13,16H,2-4H2,1H3. The summed E-state index contributed by atoms with van der Waals surface area (Å²) in [7, 11) is 1.95. The molecule has 17 heavy (non-hydrogen) atoms. The van der Waals surface area contributed by atoms with E-state index >= 15 is 0 Å². The van der Waals surface area contributed by atoms with Crippen LogP contribution in [-0.4, -0.2) is 13.7 Å². The van der Waals surface area contributed by atoms with Crippen LogP contribution in [0.3, 0.4) is 0 Å². The Balaban J connectivity index is 2.31. The van der Waals surface area contributed by atoms with Gasteiger partial charge in [-0.25, -0.2) is 0 Å². The number of likely N-dealkylation sites (N-methyl/N-ethyl adjacent to an activating group) is 1. The van der Waals surface area contributed by atoms with Gasteiger partial charge in [-0.3, -0.25) is 0 Å². The van der Waals surface area contributed by atoms with Crippen molar-refractivity contribution in [2.24, 2.45) is 0 Å². The molecular formula is C13H15BrClNO. The summed E-state index contributed by atoms with van der Waals surface area (Å²) < 4.78 is 6.40. The lowest BCUT2D eigenvalue weighted by Gasteiger charge is -2.23. The maximum Gasteiger partial charge on any atom is 0.0876 e. The fourth-order valence-electron chi connectivity index (χ4n) is 2.10. The Morgan fingerprint density at radius 1 is 1.41 bits per heavy atom. The van der Waals surface area contributed by atoms with Gasteiger partial charge >= 0.3 is 0 Å². The topological polar surface area (TPSA) is 21.3 Å². The van der Waals surface area contributed by atoms with Crippen LogP contribution in [0.25, 0.3) is 0 Å². The summed E-state index contributed by atoms with van der Waals surface area (Å²) >= 11 is 9.55. The smallest absolute Gasteiger partial charge is 0.0876 e. The zero-order chi connectivity index (χ0) is 12.3. The third kappa shape index (κ3) is 3.24. The average molecular weight is 317 g/mol. The highest BCUT2D eigenvalue weighted by atomic mass is 79.9. The molecular weight excluding hydrogens is 302 g/mol. The van der Waals surface area contributed by atoms with E-state index in [0.717, 1.165) is 34.5 Å². The monoisotopic (exact) mass is 315 g/mol. The molecule has 1 aliphatic heterocycles. The first kappa shape index (κ1) is 12.9. The fourth-order valence-corrected chi connectivity index (χ4v) is 2.99. The Morgan fingerprint density at radius 3 is 2.82 bits per heavy atom. The largest absolute Gasteiger partial charge is 0.501 e. The zero-order valence-electron chi connectivity index (χ0n) is 9.67. The molecule has 92 valence electrons. The van der Waals surface area contributed by atoms with Crippen LogP contribution < -0.4 is 5.32 Å². The molecule has 1 N–H and O–H groups in total. The van der Waals surface area contributed by atoms with Crippen LogP contribution in [0.2, 0.25) is 5.02 Å². The van der Waals surface area contributed by atoms with Crippen LogP contribution >= 0.6 is 27.5 Å². The molecule has 0 fully saturated rings. The van der Waals surface area contributed by atoms with E-state index in [1.807, 2.05) is 25.4 Å². The van der Waals surface area contributed by atoms with Gasteiger partial charge in [0.1, 0.15) is 0 Å². The van der Waals surface area contributed by atoms with Gasteiger partial charge in [-0.05, 0) is 49.2 Å². The summed E-state index contributed by atoms with van der Waals surface area (Å²) in [6.45, 7) is 0.819. The maximum absolute atomic E-state index is 6.08. The summed E-state index contributed by atoms with van der Waals surface area (Å²) in [5.74, 6) is 0. The van der Waals surface area contributed by atoms with Gasteiger partial charge in [-0.2, -0.15) is 0 Å². The Kier molecular flexibility index (Phi) is 4.48. The molecule has 0 spiro atoms. The summed E-state index contributed by atoms with van der Waals surface area (Å²) in [4.78, 5) is 0. The zero-order valence-corrected chi connectivity index (χ0v) is 12.0. The fraction of sp³-hybridized carbons (Fsp3) is 0.385. The van der Waals surface area contributed by atoms with Gasteiger partial charge in [0.2, 0.25) is 0 Å². The Bertz CT molecular complexity index is 413. The van der Waals surface area contributed by atoms with Crippen LogP contribution in [-0.2, 0) is 4.74 Å². The third-order valence-electron chi connectivity index (χ3n) is 2.84. The first-order valence-corrected chi connectivity index (χ1v) is 6.81. The maximum atomic E-state index is 6.08. The van der Waals surface area contributed by atoms with Gasteiger partial charge < -0.3 is 10.1 Å². The molecule has 0 aliphatic carbocycles. The van der Waals surface area contributed by atoms with Gasteiger partial charge in [0.25, 0.3) is 0 Å². The lowest BCUT2D eigenvalue weighted by molar-refractivity contribution is 0.220. The second-order valence-corrected chi connectivity index (χ2v) is 5.44. The van der Waals surface area contributed by atoms with E-state index < -0.39 is 0 Å². The van der Waals surface area contributed by atoms with Crippen molar-refractivity contribution in [3.8, 4) is 0 Å². The van der Waals surface area contributed by atoms with Gasteiger partial charge in [-0.15, -0.1) is 0 Å². The van der Waals surface area contributed by atoms with Gasteiger partial charge in [0.05, 0.1) is 18.9 Å². The summed E-state index contributed by atoms with van der Waals surface area (Å²) in [6, 6.07) is 6.14. The predicted molar refractivity (Wildman–Crippen MR) is 74.2 cm³/mol. The highest BCUT2D eigenvalue weighted by Gasteiger charge is 2.18. The quantitative estimate of drug-likeness (QED) is 0.908. The lowest BCUT2D eigenvalue weighted by Crippen LogP contribution is -2.20. The van der Waals surface area contributed by atoms with Crippen molar-refractivity contribution in [2.75, 3.05) is 13.7 Å². The van der Waals surface area contributed by atoms with Crippen LogP contribution in [0.15, 0.2) is 34.5 Å². The SMILES string of the molecule is CNC(C1=COCCC1)c1cc(Cl)cc(Br)c1. The van der Waals surface area contributed by atoms with Crippen molar-refractivity contribution in [1.82, 2.24) is 5.32 Å². The number of halogens is 2. The molecule has 0 saturated carbocycles. The van der Waals surface area contributed by atoms with E-state index in [0.29, 0.717) is 0 Å². The second-order valence-electron chi connectivity index (χ2n) is 4.09. The normalized spacial score (nSPS) is 17.2. The first-order valence-electron chi connectivity index (χ1n) is 5.64. The minimum atomic E-state index is 0.172. The van der Waals surface area contributed by atoms with Crippen molar-refractivity contribution in [1.29, 1.82) is 0 Å². The van der Waals surface area contributed by atoms with Crippen LogP contribution in [0.5, 0.6) is 0 Å². The van der Waals surface area contributed by atoms with E-state index in [2.05, 4.69) is 27.3 Å². The number of ether oxygens (including phenoxy) is 1. The van der Waals surface area contributed by atoms with Crippen LogP contribution in [0, 0.1) is 0 Å². The van der Waals surface area contributed by atoms with Crippen molar-refractivity contribution >= 4 is 27.5 Å². The molecule has 2 rings (SSSR count).